The fourth-order valence-corrected chi connectivity index (χ4v) is 2.80. The van der Waals surface area contributed by atoms with Crippen molar-refractivity contribution in [2.45, 2.75) is 37.3 Å². The fourth-order valence-electron chi connectivity index (χ4n) is 2.00. The van der Waals surface area contributed by atoms with E-state index in [-0.39, 0.29) is 0 Å². The maximum Gasteiger partial charge on any atom is 0.471 e. The first-order valence-corrected chi connectivity index (χ1v) is 9.70. The molecule has 17 heteroatoms. The highest BCUT2D eigenvalue weighted by molar-refractivity contribution is 8.00. The van der Waals surface area contributed by atoms with Crippen LogP contribution in [0, 0.1) is 0 Å². The maximum absolute atomic E-state index is 12.3. The van der Waals surface area contributed by atoms with Crippen molar-refractivity contribution in [1.82, 2.24) is 10.6 Å². The molecule has 0 radical (unpaired) electrons. The second-order valence-corrected chi connectivity index (χ2v) is 7.06. The van der Waals surface area contributed by atoms with Crippen molar-refractivity contribution in [3.63, 3.8) is 0 Å². The third kappa shape index (κ3) is 11.5. The molecule has 0 aliphatic rings. The van der Waals surface area contributed by atoms with E-state index in [0.29, 0.717) is 11.8 Å². The van der Waals surface area contributed by atoms with Gasteiger partial charge in [0.05, 0.1) is 25.7 Å². The lowest BCUT2D eigenvalue weighted by molar-refractivity contribution is -0.175. The van der Waals surface area contributed by atoms with Gasteiger partial charge >= 0.3 is 36.1 Å². The second kappa shape index (κ2) is 13.0. The topological polar surface area (TPSA) is 145 Å². The molecular formula is C16H18F6N2O8S. The third-order valence-electron chi connectivity index (χ3n) is 3.49. The van der Waals surface area contributed by atoms with Crippen LogP contribution < -0.4 is 10.6 Å². The molecule has 33 heavy (non-hydrogen) atoms. The molecule has 2 amide bonds. The lowest BCUT2D eigenvalue weighted by Gasteiger charge is -2.17. The molecule has 0 saturated carbocycles. The van der Waals surface area contributed by atoms with Crippen LogP contribution in [0.1, 0.15) is 12.8 Å². The number of amides is 2. The van der Waals surface area contributed by atoms with E-state index in [1.165, 1.54) is 10.6 Å². The molecule has 2 N–H and O–H groups in total. The van der Waals surface area contributed by atoms with Gasteiger partial charge in [-0.3, -0.25) is 19.2 Å². The van der Waals surface area contributed by atoms with Crippen LogP contribution in [0.2, 0.25) is 0 Å². The van der Waals surface area contributed by atoms with Gasteiger partial charge in [-0.15, -0.1) is 11.8 Å². The summed E-state index contributed by atoms with van der Waals surface area (Å²) in [5.74, 6) is -10.5. The van der Waals surface area contributed by atoms with Crippen LogP contribution >= 0.6 is 11.8 Å². The molecule has 0 spiro atoms. The smallest absolute Gasteiger partial charge is 0.467 e. The van der Waals surface area contributed by atoms with Crippen LogP contribution in [0.25, 0.3) is 0 Å². The van der Waals surface area contributed by atoms with Crippen molar-refractivity contribution < 1.29 is 64.6 Å². The number of alkyl halides is 6. The molecule has 0 aromatic rings. The predicted molar refractivity (Wildman–Crippen MR) is 96.6 cm³/mol. The molecule has 0 aliphatic heterocycles. The lowest BCUT2D eigenvalue weighted by Crippen LogP contribution is -2.48. The van der Waals surface area contributed by atoms with Gasteiger partial charge in [-0.25, -0.2) is 9.59 Å². The first-order chi connectivity index (χ1) is 15.0. The molecule has 0 aromatic carbocycles. The van der Waals surface area contributed by atoms with Crippen molar-refractivity contribution in [3.8, 4) is 0 Å². The number of Topliss-reactive ketones (excluding diaryl/α,β-unsaturated/α-hetero) is 2. The Bertz CT molecular complexity index is 709. The Morgan fingerprint density at radius 2 is 1.00 bits per heavy atom. The van der Waals surface area contributed by atoms with E-state index >= 15 is 0 Å². The van der Waals surface area contributed by atoms with Gasteiger partial charge in [0.2, 0.25) is 0 Å². The van der Waals surface area contributed by atoms with Crippen molar-refractivity contribution in [3.05, 3.63) is 0 Å². The van der Waals surface area contributed by atoms with Crippen LogP contribution in [-0.2, 0) is 38.2 Å². The zero-order valence-corrected chi connectivity index (χ0v) is 17.7. The zero-order chi connectivity index (χ0) is 26.0. The van der Waals surface area contributed by atoms with Crippen LogP contribution in [0.4, 0.5) is 26.3 Å². The number of carbonyl (C=O) groups excluding carboxylic acids is 6. The Hall–Kier alpha value is -2.85. The summed E-state index contributed by atoms with van der Waals surface area (Å²) in [7, 11) is 1.62. The summed E-state index contributed by atoms with van der Waals surface area (Å²) in [5.41, 5.74) is 0. The summed E-state index contributed by atoms with van der Waals surface area (Å²) in [6, 6.07) is -3.90. The van der Waals surface area contributed by atoms with Crippen LogP contribution in [0.15, 0.2) is 0 Å². The molecule has 10 nitrogen and oxygen atoms in total. The number of ketones is 2. The molecule has 0 heterocycles. The van der Waals surface area contributed by atoms with Crippen molar-refractivity contribution >= 4 is 47.1 Å². The lowest BCUT2D eigenvalue weighted by atomic mass is 10.1. The van der Waals surface area contributed by atoms with E-state index in [4.69, 9.17) is 0 Å². The first-order valence-electron chi connectivity index (χ1n) is 8.55. The normalized spacial score (nSPS) is 13.3. The fraction of sp³-hybridized carbons (Fsp3) is 0.625. The molecule has 0 rings (SSSR count). The van der Waals surface area contributed by atoms with Gasteiger partial charge in [0, 0.05) is 12.8 Å². The minimum absolute atomic E-state index is 0.543. The predicted octanol–water partition coefficient (Wildman–Crippen LogP) is 0.0782. The highest BCUT2D eigenvalue weighted by Gasteiger charge is 2.42. The number of halogens is 6. The van der Waals surface area contributed by atoms with Crippen LogP contribution in [-0.4, -0.2) is 85.5 Å². The Morgan fingerprint density at radius 3 is 1.24 bits per heavy atom. The summed E-state index contributed by atoms with van der Waals surface area (Å²) in [6.07, 6.45) is -12.5. The average Bonchev–Trinajstić information content (AvgIpc) is 2.69. The molecule has 2 atom stereocenters. The SMILES string of the molecule is COC(=O)[C@H](CC(=O)CSCC(=O)C[C@H](NC(=O)C(F)(F)F)C(=O)OC)NC(=O)C(F)(F)F. The maximum atomic E-state index is 12.3. The van der Waals surface area contributed by atoms with E-state index in [2.05, 4.69) is 9.47 Å². The van der Waals surface area contributed by atoms with E-state index in [9.17, 15) is 55.1 Å². The van der Waals surface area contributed by atoms with Gasteiger partial charge in [0.15, 0.2) is 0 Å². The number of carbonyl (C=O) groups is 6. The van der Waals surface area contributed by atoms with Gasteiger partial charge in [-0.05, 0) is 0 Å². The van der Waals surface area contributed by atoms with Gasteiger partial charge < -0.3 is 20.1 Å². The largest absolute Gasteiger partial charge is 0.471 e. The number of hydrogen-bond acceptors (Lipinski definition) is 9. The second-order valence-electron chi connectivity index (χ2n) is 6.07. The number of thioether (sulfide) groups is 1. The minimum atomic E-state index is -5.33. The van der Waals surface area contributed by atoms with Gasteiger partial charge in [-0.2, -0.15) is 26.3 Å². The number of esters is 2. The quantitative estimate of drug-likeness (QED) is 0.274. The van der Waals surface area contributed by atoms with Gasteiger partial charge in [-0.1, -0.05) is 0 Å². The van der Waals surface area contributed by atoms with Crippen molar-refractivity contribution in [1.29, 1.82) is 0 Å². The number of nitrogens with one attached hydrogen (secondary N) is 2. The summed E-state index contributed by atoms with van der Waals surface area (Å²) < 4.78 is 82.4. The summed E-state index contributed by atoms with van der Waals surface area (Å²) in [6.45, 7) is 0. The van der Waals surface area contributed by atoms with E-state index in [0.717, 1.165) is 14.2 Å². The standard InChI is InChI=1S/C16H18F6N2O8S/c1-31-11(27)9(23-13(29)15(17,18)19)3-7(25)5-33-6-8(26)4-10(12(28)32-2)24-14(30)16(20,21)22/h9-10H,3-6H2,1-2H3,(H,23,29)(H,24,30)/t9-,10-/m0/s1. The highest BCUT2D eigenvalue weighted by atomic mass is 32.2. The number of methoxy groups -OCH3 is 2. The molecule has 0 bridgehead atoms. The van der Waals surface area contributed by atoms with E-state index < -0.39 is 84.1 Å². The van der Waals surface area contributed by atoms with Crippen LogP contribution in [0.5, 0.6) is 0 Å². The minimum Gasteiger partial charge on any atom is -0.467 e. The Labute approximate surface area is 186 Å². The molecule has 0 fully saturated rings. The van der Waals surface area contributed by atoms with E-state index in [1.54, 1.807) is 0 Å². The third-order valence-corrected chi connectivity index (χ3v) is 4.54. The monoisotopic (exact) mass is 512 g/mol. The Morgan fingerprint density at radius 1 is 0.697 bits per heavy atom. The molecule has 0 unspecified atom stereocenters. The zero-order valence-electron chi connectivity index (χ0n) is 16.9. The molecule has 0 saturated heterocycles. The average molecular weight is 512 g/mol. The number of hydrogen-bond donors (Lipinski definition) is 2. The highest BCUT2D eigenvalue weighted by Crippen LogP contribution is 2.17. The number of ether oxygens (including phenoxy) is 2. The van der Waals surface area contributed by atoms with Gasteiger partial charge in [0.25, 0.3) is 0 Å². The van der Waals surface area contributed by atoms with E-state index in [1.807, 2.05) is 0 Å². The molecular weight excluding hydrogens is 494 g/mol. The number of rotatable bonds is 12. The molecule has 188 valence electrons. The van der Waals surface area contributed by atoms with Crippen LogP contribution in [0.3, 0.4) is 0 Å². The van der Waals surface area contributed by atoms with Crippen molar-refractivity contribution in [2.75, 3.05) is 25.7 Å². The first kappa shape index (κ1) is 30.1. The van der Waals surface area contributed by atoms with Gasteiger partial charge in [0.1, 0.15) is 23.7 Å². The summed E-state index contributed by atoms with van der Waals surface area (Å²) >= 11 is 0.568. The Kier molecular flexibility index (Phi) is 11.9. The Balaban J connectivity index is 4.82. The molecule has 0 aromatic heterocycles. The molecule has 0 aliphatic carbocycles. The van der Waals surface area contributed by atoms with Crippen molar-refractivity contribution in [2.24, 2.45) is 0 Å². The summed E-state index contributed by atoms with van der Waals surface area (Å²) in [5, 5.41) is 2.59. The summed E-state index contributed by atoms with van der Waals surface area (Å²) in [4.78, 5) is 68.7.